The standard InChI is InChI=1S/C13H13F4N3/c1-2-20-11(7-12(19-20)13(15,16)17)8-18-10-5-3-9(14)4-6-10/h3-7,18H,2,8H2,1H3. The Kier molecular flexibility index (Phi) is 3.96. The van der Waals surface area contributed by atoms with Gasteiger partial charge in [-0.05, 0) is 37.3 Å². The Morgan fingerprint density at radius 1 is 1.20 bits per heavy atom. The lowest BCUT2D eigenvalue weighted by Gasteiger charge is -2.07. The predicted molar refractivity (Wildman–Crippen MR) is 66.6 cm³/mol. The summed E-state index contributed by atoms with van der Waals surface area (Å²) in [6, 6.07) is 6.61. The molecule has 1 aromatic heterocycles. The summed E-state index contributed by atoms with van der Waals surface area (Å²) < 4.78 is 51.8. The maximum Gasteiger partial charge on any atom is 0.435 e. The van der Waals surface area contributed by atoms with Gasteiger partial charge in [-0.3, -0.25) is 4.68 Å². The maximum atomic E-state index is 12.7. The normalized spacial score (nSPS) is 11.7. The number of benzene rings is 1. The first-order valence-corrected chi connectivity index (χ1v) is 6.03. The van der Waals surface area contributed by atoms with Crippen molar-refractivity contribution < 1.29 is 17.6 Å². The molecule has 0 amide bonds. The minimum Gasteiger partial charge on any atom is -0.379 e. The molecule has 0 atom stereocenters. The Morgan fingerprint density at radius 2 is 1.85 bits per heavy atom. The molecule has 0 saturated heterocycles. The summed E-state index contributed by atoms with van der Waals surface area (Å²) in [4.78, 5) is 0. The fourth-order valence-electron chi connectivity index (χ4n) is 1.77. The van der Waals surface area contributed by atoms with Crippen LogP contribution in [0.3, 0.4) is 0 Å². The average Bonchev–Trinajstić information content (AvgIpc) is 2.81. The first-order chi connectivity index (χ1) is 9.40. The van der Waals surface area contributed by atoms with Crippen molar-refractivity contribution in [3.8, 4) is 0 Å². The van der Waals surface area contributed by atoms with E-state index < -0.39 is 11.9 Å². The summed E-state index contributed by atoms with van der Waals surface area (Å²) in [6.07, 6.45) is -4.45. The number of hydrogen-bond acceptors (Lipinski definition) is 2. The number of anilines is 1. The third kappa shape index (κ3) is 3.28. The lowest BCUT2D eigenvalue weighted by atomic mass is 10.3. The molecule has 0 unspecified atom stereocenters. The smallest absolute Gasteiger partial charge is 0.379 e. The summed E-state index contributed by atoms with van der Waals surface area (Å²) in [5.41, 5.74) is 0.142. The zero-order valence-corrected chi connectivity index (χ0v) is 10.7. The van der Waals surface area contributed by atoms with Crippen LogP contribution in [0, 0.1) is 5.82 Å². The molecule has 0 aliphatic carbocycles. The second-order valence-corrected chi connectivity index (χ2v) is 4.19. The number of nitrogens with zero attached hydrogens (tertiary/aromatic N) is 2. The van der Waals surface area contributed by atoms with Crippen LogP contribution >= 0.6 is 0 Å². The molecule has 20 heavy (non-hydrogen) atoms. The zero-order valence-electron chi connectivity index (χ0n) is 10.7. The minimum atomic E-state index is -4.45. The van der Waals surface area contributed by atoms with Crippen LogP contribution < -0.4 is 5.32 Å². The highest BCUT2D eigenvalue weighted by Crippen LogP contribution is 2.28. The van der Waals surface area contributed by atoms with Crippen molar-refractivity contribution in [2.24, 2.45) is 0 Å². The van der Waals surface area contributed by atoms with Crippen molar-refractivity contribution in [3.05, 3.63) is 47.5 Å². The van der Waals surface area contributed by atoms with Gasteiger partial charge in [-0.1, -0.05) is 0 Å². The molecule has 2 aromatic rings. The van der Waals surface area contributed by atoms with Gasteiger partial charge in [0.2, 0.25) is 0 Å². The molecule has 0 radical (unpaired) electrons. The molecule has 0 fully saturated rings. The van der Waals surface area contributed by atoms with Gasteiger partial charge < -0.3 is 5.32 Å². The van der Waals surface area contributed by atoms with E-state index in [-0.39, 0.29) is 12.4 Å². The third-order valence-electron chi connectivity index (χ3n) is 2.77. The van der Waals surface area contributed by atoms with Gasteiger partial charge in [-0.15, -0.1) is 0 Å². The van der Waals surface area contributed by atoms with E-state index in [0.29, 0.717) is 17.9 Å². The molecule has 0 aliphatic heterocycles. The molecule has 1 aromatic carbocycles. The van der Waals surface area contributed by atoms with Crippen molar-refractivity contribution >= 4 is 5.69 Å². The monoisotopic (exact) mass is 287 g/mol. The van der Waals surface area contributed by atoms with Gasteiger partial charge in [0.1, 0.15) is 5.82 Å². The number of alkyl halides is 3. The van der Waals surface area contributed by atoms with Gasteiger partial charge in [0, 0.05) is 12.2 Å². The molecule has 0 saturated carbocycles. The van der Waals surface area contributed by atoms with Gasteiger partial charge in [0.05, 0.1) is 12.2 Å². The Bertz CT molecular complexity index is 572. The summed E-state index contributed by atoms with van der Waals surface area (Å²) in [5.74, 6) is -0.367. The van der Waals surface area contributed by atoms with E-state index in [1.165, 1.54) is 28.9 Å². The zero-order chi connectivity index (χ0) is 14.8. The van der Waals surface area contributed by atoms with Crippen LogP contribution in [0.1, 0.15) is 18.3 Å². The van der Waals surface area contributed by atoms with Crippen molar-refractivity contribution in [2.75, 3.05) is 5.32 Å². The average molecular weight is 287 g/mol. The van der Waals surface area contributed by atoms with Crippen LogP contribution in [-0.2, 0) is 19.3 Å². The lowest BCUT2D eigenvalue weighted by Crippen LogP contribution is -2.09. The van der Waals surface area contributed by atoms with E-state index in [1.54, 1.807) is 6.92 Å². The predicted octanol–water partition coefficient (Wildman–Crippen LogP) is 3.67. The topological polar surface area (TPSA) is 29.9 Å². The van der Waals surface area contributed by atoms with E-state index in [4.69, 9.17) is 0 Å². The number of rotatable bonds is 4. The maximum absolute atomic E-state index is 12.7. The summed E-state index contributed by atoms with van der Waals surface area (Å²) >= 11 is 0. The molecule has 7 heteroatoms. The van der Waals surface area contributed by atoms with Gasteiger partial charge in [0.15, 0.2) is 5.69 Å². The fraction of sp³-hybridized carbons (Fsp3) is 0.308. The summed E-state index contributed by atoms with van der Waals surface area (Å²) in [7, 11) is 0. The highest BCUT2D eigenvalue weighted by atomic mass is 19.4. The summed E-state index contributed by atoms with van der Waals surface area (Å²) in [5, 5.41) is 6.45. The van der Waals surface area contributed by atoms with Crippen molar-refractivity contribution in [3.63, 3.8) is 0 Å². The highest BCUT2D eigenvalue weighted by molar-refractivity contribution is 5.43. The number of nitrogens with one attached hydrogen (secondary N) is 1. The largest absolute Gasteiger partial charge is 0.435 e. The molecule has 0 bridgehead atoms. The first-order valence-electron chi connectivity index (χ1n) is 6.03. The lowest BCUT2D eigenvalue weighted by molar-refractivity contribution is -0.141. The van der Waals surface area contributed by atoms with Crippen LogP contribution in [-0.4, -0.2) is 9.78 Å². The van der Waals surface area contributed by atoms with E-state index in [0.717, 1.165) is 6.07 Å². The van der Waals surface area contributed by atoms with E-state index in [9.17, 15) is 17.6 Å². The Balaban J connectivity index is 2.12. The Labute approximate surface area is 113 Å². The van der Waals surface area contributed by atoms with Crippen LogP contribution in [0.4, 0.5) is 23.2 Å². The molecule has 1 N–H and O–H groups in total. The van der Waals surface area contributed by atoms with Crippen LogP contribution in [0.5, 0.6) is 0 Å². The van der Waals surface area contributed by atoms with Gasteiger partial charge in [0.25, 0.3) is 0 Å². The molecular formula is C13H13F4N3. The highest BCUT2D eigenvalue weighted by Gasteiger charge is 2.34. The molecule has 2 rings (SSSR count). The second-order valence-electron chi connectivity index (χ2n) is 4.19. The first kappa shape index (κ1) is 14.4. The van der Waals surface area contributed by atoms with Gasteiger partial charge >= 0.3 is 6.18 Å². The molecule has 3 nitrogen and oxygen atoms in total. The summed E-state index contributed by atoms with van der Waals surface area (Å²) in [6.45, 7) is 2.24. The van der Waals surface area contributed by atoms with E-state index in [1.807, 2.05) is 0 Å². The van der Waals surface area contributed by atoms with Gasteiger partial charge in [-0.2, -0.15) is 18.3 Å². The SMILES string of the molecule is CCn1nc(C(F)(F)F)cc1CNc1ccc(F)cc1. The molecule has 108 valence electrons. The second kappa shape index (κ2) is 5.52. The van der Waals surface area contributed by atoms with Crippen LogP contribution in [0.15, 0.2) is 30.3 Å². The number of aromatic nitrogens is 2. The van der Waals surface area contributed by atoms with Crippen LogP contribution in [0.25, 0.3) is 0 Å². The van der Waals surface area contributed by atoms with E-state index >= 15 is 0 Å². The minimum absolute atomic E-state index is 0.183. The molecule has 1 heterocycles. The van der Waals surface area contributed by atoms with Crippen molar-refractivity contribution in [1.29, 1.82) is 0 Å². The third-order valence-corrected chi connectivity index (χ3v) is 2.77. The number of hydrogen-bond donors (Lipinski definition) is 1. The molecular weight excluding hydrogens is 274 g/mol. The number of aryl methyl sites for hydroxylation is 1. The Morgan fingerprint density at radius 3 is 2.40 bits per heavy atom. The van der Waals surface area contributed by atoms with Crippen molar-refractivity contribution in [2.45, 2.75) is 26.2 Å². The van der Waals surface area contributed by atoms with Gasteiger partial charge in [-0.25, -0.2) is 4.39 Å². The van der Waals surface area contributed by atoms with Crippen LogP contribution in [0.2, 0.25) is 0 Å². The van der Waals surface area contributed by atoms with E-state index in [2.05, 4.69) is 10.4 Å². The quantitative estimate of drug-likeness (QED) is 0.869. The van der Waals surface area contributed by atoms with Crippen molar-refractivity contribution in [1.82, 2.24) is 9.78 Å². The number of halogens is 4. The molecule has 0 spiro atoms. The molecule has 0 aliphatic rings. The fourth-order valence-corrected chi connectivity index (χ4v) is 1.77. The Hall–Kier alpha value is -2.05.